The van der Waals surface area contributed by atoms with Crippen LogP contribution in [0.5, 0.6) is 0 Å². The average molecular weight is 192 g/mol. The van der Waals surface area contributed by atoms with Crippen molar-refractivity contribution in [2.45, 2.75) is 13.3 Å². The van der Waals surface area contributed by atoms with E-state index in [0.29, 0.717) is 0 Å². The van der Waals surface area contributed by atoms with Gasteiger partial charge in [-0.15, -0.1) is 0 Å². The third kappa shape index (κ3) is 9.39. The molecule has 43 valence electrons. The Bertz CT molecular complexity index is 87.5. The summed E-state index contributed by atoms with van der Waals surface area (Å²) in [5.41, 5.74) is 0. The molecule has 0 heterocycles. The molecule has 4 heteroatoms. The van der Waals surface area contributed by atoms with E-state index in [0.717, 1.165) is 0 Å². The van der Waals surface area contributed by atoms with Crippen molar-refractivity contribution in [3.05, 3.63) is 0 Å². The molecule has 0 saturated carbocycles. The molecular weight excluding hydrogens is 187 g/mol. The summed E-state index contributed by atoms with van der Waals surface area (Å²) in [6.45, 7) is 1.20. The van der Waals surface area contributed by atoms with Crippen molar-refractivity contribution in [3.63, 3.8) is 0 Å². The maximum absolute atomic E-state index is 9.83. The second-order valence-electron chi connectivity index (χ2n) is 1.25. The van der Waals surface area contributed by atoms with Gasteiger partial charge in [-0.05, 0) is 6.92 Å². The van der Waals surface area contributed by atoms with Gasteiger partial charge in [-0.3, -0.25) is 4.79 Å². The predicted molar refractivity (Wildman–Crippen MR) is 20.3 cm³/mol. The number of aliphatic carboxylic acids is 1. The van der Waals surface area contributed by atoms with Crippen molar-refractivity contribution in [1.29, 1.82) is 0 Å². The summed E-state index contributed by atoms with van der Waals surface area (Å²) < 4.78 is 0. The van der Waals surface area contributed by atoms with Gasteiger partial charge in [0.15, 0.2) is 0 Å². The van der Waals surface area contributed by atoms with Gasteiger partial charge in [-0.25, -0.2) is 0 Å². The summed E-state index contributed by atoms with van der Waals surface area (Å²) in [6.07, 6.45) is -0.472. The molecule has 3 nitrogen and oxygen atoms in total. The quantitative estimate of drug-likeness (QED) is 0.512. The van der Waals surface area contributed by atoms with Crippen molar-refractivity contribution in [2.75, 3.05) is 0 Å². The van der Waals surface area contributed by atoms with Crippen LogP contribution in [0.3, 0.4) is 0 Å². The first-order valence-electron chi connectivity index (χ1n) is 1.82. The number of carboxylic acids is 1. The van der Waals surface area contributed by atoms with E-state index >= 15 is 0 Å². The minimum Gasteiger partial charge on any atom is -0.550 e. The molecule has 0 aromatic heterocycles. The Balaban J connectivity index is 0. The SMILES string of the molecule is CC(=O)CC(=O)[O-].[Zr+]. The van der Waals surface area contributed by atoms with Gasteiger partial charge < -0.3 is 9.90 Å². The van der Waals surface area contributed by atoms with Crippen LogP contribution in [0.15, 0.2) is 0 Å². The van der Waals surface area contributed by atoms with E-state index < -0.39 is 12.4 Å². The molecule has 0 aromatic rings. The van der Waals surface area contributed by atoms with Crippen LogP contribution in [0.1, 0.15) is 13.3 Å². The molecule has 0 aliphatic heterocycles. The number of ketones is 1. The molecule has 1 radical (unpaired) electrons. The number of carbonyl (C=O) groups is 2. The van der Waals surface area contributed by atoms with E-state index in [1.54, 1.807) is 0 Å². The first kappa shape index (κ1) is 10.9. The van der Waals surface area contributed by atoms with E-state index in [1.165, 1.54) is 6.92 Å². The van der Waals surface area contributed by atoms with Gasteiger partial charge >= 0.3 is 26.2 Å². The molecule has 0 bridgehead atoms. The molecule has 0 saturated heterocycles. The molecule has 0 rings (SSSR count). The largest absolute Gasteiger partial charge is 1.00 e. The van der Waals surface area contributed by atoms with Crippen LogP contribution in [-0.2, 0) is 35.8 Å². The molecule has 0 fully saturated rings. The van der Waals surface area contributed by atoms with Gasteiger partial charge in [0, 0.05) is 12.4 Å². The number of carboxylic acid groups (broad SMARTS) is 1. The summed E-state index contributed by atoms with van der Waals surface area (Å²) in [6, 6.07) is 0. The maximum atomic E-state index is 9.83. The first-order valence-corrected chi connectivity index (χ1v) is 1.82. The normalized spacial score (nSPS) is 7.12. The maximum Gasteiger partial charge on any atom is 1.00 e. The Kier molecular flexibility index (Phi) is 7.04. The molecule has 0 aliphatic carbocycles. The van der Waals surface area contributed by atoms with Crippen LogP contribution in [0.2, 0.25) is 0 Å². The zero-order valence-electron chi connectivity index (χ0n) is 4.43. The van der Waals surface area contributed by atoms with Gasteiger partial charge in [0.2, 0.25) is 0 Å². The number of Topliss-reactive ketones (excluding diaryl/α,β-unsaturated/α-hetero) is 1. The van der Waals surface area contributed by atoms with Gasteiger partial charge in [-0.2, -0.15) is 0 Å². The van der Waals surface area contributed by atoms with Crippen molar-refractivity contribution < 1.29 is 40.9 Å². The van der Waals surface area contributed by atoms with E-state index in [1.807, 2.05) is 0 Å². The first-order chi connectivity index (χ1) is 3.13. The summed E-state index contributed by atoms with van der Waals surface area (Å²) >= 11 is 0. The number of carbonyl (C=O) groups excluding carboxylic acids is 2. The second kappa shape index (κ2) is 5.17. The summed E-state index contributed by atoms with van der Waals surface area (Å²) in [5, 5.41) is 9.48. The molecule has 0 aliphatic rings. The van der Waals surface area contributed by atoms with Crippen LogP contribution < -0.4 is 5.11 Å². The minimum atomic E-state index is -1.31. The average Bonchev–Trinajstić information content (AvgIpc) is 1.27. The third-order valence-corrected chi connectivity index (χ3v) is 0.393. The van der Waals surface area contributed by atoms with Crippen LogP contribution in [0, 0.1) is 0 Å². The van der Waals surface area contributed by atoms with Crippen molar-refractivity contribution in [1.82, 2.24) is 0 Å². The fourth-order valence-electron chi connectivity index (χ4n) is 0.203. The van der Waals surface area contributed by atoms with Gasteiger partial charge in [-0.1, -0.05) is 0 Å². The van der Waals surface area contributed by atoms with Gasteiger partial charge in [0.05, 0.1) is 0 Å². The fourth-order valence-corrected chi connectivity index (χ4v) is 0.203. The predicted octanol–water partition coefficient (Wildman–Crippen LogP) is -1.29. The summed E-state index contributed by atoms with van der Waals surface area (Å²) in [5.74, 6) is -1.69. The minimum absolute atomic E-state index is 0. The Morgan fingerprint density at radius 2 is 1.88 bits per heavy atom. The van der Waals surface area contributed by atoms with E-state index in [-0.39, 0.29) is 32.0 Å². The molecule has 0 amide bonds. The molecule has 8 heavy (non-hydrogen) atoms. The Labute approximate surface area is 66.2 Å². The molecule has 0 N–H and O–H groups in total. The fraction of sp³-hybridized carbons (Fsp3) is 0.500. The van der Waals surface area contributed by atoms with E-state index in [2.05, 4.69) is 0 Å². The Morgan fingerprint density at radius 3 is 1.88 bits per heavy atom. The standard InChI is InChI=1S/C4H6O3.Zr/c1-3(5)2-4(6)7;/h2H2,1H3,(H,6,7);/q;+1/p-1. The molecule has 0 spiro atoms. The monoisotopic (exact) mass is 191 g/mol. The zero-order valence-corrected chi connectivity index (χ0v) is 6.89. The van der Waals surface area contributed by atoms with E-state index in [9.17, 15) is 14.7 Å². The van der Waals surface area contributed by atoms with E-state index in [4.69, 9.17) is 0 Å². The second-order valence-corrected chi connectivity index (χ2v) is 1.25. The third-order valence-electron chi connectivity index (χ3n) is 0.393. The number of hydrogen-bond acceptors (Lipinski definition) is 3. The molecule has 0 aromatic carbocycles. The summed E-state index contributed by atoms with van der Waals surface area (Å²) in [7, 11) is 0. The smallest absolute Gasteiger partial charge is 0.550 e. The number of rotatable bonds is 2. The zero-order chi connectivity index (χ0) is 5.86. The van der Waals surface area contributed by atoms with Gasteiger partial charge in [0.1, 0.15) is 5.78 Å². The van der Waals surface area contributed by atoms with Crippen LogP contribution in [0.4, 0.5) is 0 Å². The summed E-state index contributed by atoms with van der Waals surface area (Å²) in [4.78, 5) is 19.3. The van der Waals surface area contributed by atoms with Gasteiger partial charge in [0.25, 0.3) is 0 Å². The van der Waals surface area contributed by atoms with Crippen LogP contribution >= 0.6 is 0 Å². The topological polar surface area (TPSA) is 57.2 Å². The molecular formula is C4H5O3Zr. The van der Waals surface area contributed by atoms with Crippen molar-refractivity contribution in [3.8, 4) is 0 Å². The van der Waals surface area contributed by atoms with Crippen molar-refractivity contribution >= 4 is 11.8 Å². The van der Waals surface area contributed by atoms with Crippen molar-refractivity contribution in [2.24, 2.45) is 0 Å². The van der Waals surface area contributed by atoms with Crippen LogP contribution in [0.25, 0.3) is 0 Å². The molecule has 0 atom stereocenters. The Hall–Kier alpha value is 0.0231. The van der Waals surface area contributed by atoms with Crippen LogP contribution in [-0.4, -0.2) is 11.8 Å². The number of hydrogen-bond donors (Lipinski definition) is 0. The molecule has 0 unspecified atom stereocenters. The Morgan fingerprint density at radius 1 is 1.50 bits per heavy atom.